The summed E-state index contributed by atoms with van der Waals surface area (Å²) in [7, 11) is 0. The third-order valence-electron chi connectivity index (χ3n) is 2.48. The van der Waals surface area contributed by atoms with Crippen LogP contribution in [0.4, 0.5) is 0 Å². The second-order valence-electron chi connectivity index (χ2n) is 3.29. The zero-order valence-corrected chi connectivity index (χ0v) is 7.12. The van der Waals surface area contributed by atoms with Gasteiger partial charge in [0.15, 0.2) is 0 Å². The molecule has 1 aliphatic heterocycles. The predicted octanol–water partition coefficient (Wildman–Crippen LogP) is 0.466. The van der Waals surface area contributed by atoms with Gasteiger partial charge in [-0.1, -0.05) is 12.2 Å². The van der Waals surface area contributed by atoms with E-state index in [0.29, 0.717) is 18.6 Å². The van der Waals surface area contributed by atoms with Crippen LogP contribution in [-0.2, 0) is 9.53 Å². The van der Waals surface area contributed by atoms with E-state index in [0.717, 1.165) is 6.42 Å². The molecule has 1 N–H and O–H groups in total. The molecular formula is C9H13NO2. The van der Waals surface area contributed by atoms with Gasteiger partial charge in [0.2, 0.25) is 0 Å². The second kappa shape index (κ2) is 2.90. The number of carbonyl (C=O) groups excluding carboxylic acids is 1. The zero-order valence-electron chi connectivity index (χ0n) is 7.12. The quantitative estimate of drug-likeness (QED) is 0.480. The second-order valence-corrected chi connectivity index (χ2v) is 3.29. The predicted molar refractivity (Wildman–Crippen MR) is 44.6 cm³/mol. The lowest BCUT2D eigenvalue weighted by molar-refractivity contribution is -0.146. The van der Waals surface area contributed by atoms with Gasteiger partial charge < -0.3 is 4.74 Å². The molecule has 2 rings (SSSR count). The third kappa shape index (κ3) is 1.14. The number of carbonyl (C=O) groups is 1. The number of nitrogens with one attached hydrogen (secondary N) is 1. The number of esters is 1. The van der Waals surface area contributed by atoms with Gasteiger partial charge in [-0.25, -0.2) is 0 Å². The monoisotopic (exact) mass is 167 g/mol. The Morgan fingerprint density at radius 1 is 1.67 bits per heavy atom. The van der Waals surface area contributed by atoms with Crippen molar-refractivity contribution in [3.05, 3.63) is 12.2 Å². The minimum Gasteiger partial charge on any atom is -0.465 e. The fourth-order valence-corrected chi connectivity index (χ4v) is 1.93. The van der Waals surface area contributed by atoms with Crippen molar-refractivity contribution in [3.63, 3.8) is 0 Å². The lowest BCUT2D eigenvalue weighted by Gasteiger charge is -2.17. The fraction of sp³-hybridized carbons (Fsp3) is 0.667. The van der Waals surface area contributed by atoms with E-state index >= 15 is 0 Å². The normalized spacial score (nSPS) is 37.2. The zero-order chi connectivity index (χ0) is 8.55. The van der Waals surface area contributed by atoms with Crippen LogP contribution >= 0.6 is 0 Å². The molecule has 0 aromatic carbocycles. The van der Waals surface area contributed by atoms with E-state index in [9.17, 15) is 4.79 Å². The summed E-state index contributed by atoms with van der Waals surface area (Å²) >= 11 is 0. The minimum absolute atomic E-state index is 0.0834. The lowest BCUT2D eigenvalue weighted by Crippen LogP contribution is -2.40. The van der Waals surface area contributed by atoms with Gasteiger partial charge in [0.1, 0.15) is 6.04 Å². The highest BCUT2D eigenvalue weighted by molar-refractivity contribution is 5.77. The molecule has 1 fully saturated rings. The van der Waals surface area contributed by atoms with E-state index < -0.39 is 0 Å². The van der Waals surface area contributed by atoms with E-state index in [1.807, 2.05) is 6.92 Å². The summed E-state index contributed by atoms with van der Waals surface area (Å²) in [5.74, 6) is 0.267. The van der Waals surface area contributed by atoms with Crippen molar-refractivity contribution in [1.29, 1.82) is 0 Å². The molecule has 3 nitrogen and oxygen atoms in total. The molecular weight excluding hydrogens is 154 g/mol. The number of fused-ring (bicyclic) bond motifs is 2. The summed E-state index contributed by atoms with van der Waals surface area (Å²) in [6.45, 7) is 2.30. The van der Waals surface area contributed by atoms with Gasteiger partial charge >= 0.3 is 5.97 Å². The van der Waals surface area contributed by atoms with E-state index in [1.165, 1.54) is 0 Å². The molecule has 1 saturated heterocycles. The molecule has 0 spiro atoms. The van der Waals surface area contributed by atoms with Gasteiger partial charge in [-0.2, -0.15) is 0 Å². The Bertz CT molecular complexity index is 225. The third-order valence-corrected chi connectivity index (χ3v) is 2.48. The maximum absolute atomic E-state index is 11.3. The van der Waals surface area contributed by atoms with Crippen LogP contribution in [0, 0.1) is 5.92 Å². The van der Waals surface area contributed by atoms with E-state index in [-0.39, 0.29) is 12.0 Å². The van der Waals surface area contributed by atoms with Crippen molar-refractivity contribution in [2.24, 2.45) is 5.92 Å². The Labute approximate surface area is 71.8 Å². The Hall–Kier alpha value is -0.830. The van der Waals surface area contributed by atoms with E-state index in [4.69, 9.17) is 4.74 Å². The fourth-order valence-electron chi connectivity index (χ4n) is 1.93. The molecule has 0 aromatic heterocycles. The molecule has 3 atom stereocenters. The first-order valence-corrected chi connectivity index (χ1v) is 4.42. The van der Waals surface area contributed by atoms with E-state index in [1.54, 1.807) is 0 Å². The summed E-state index contributed by atoms with van der Waals surface area (Å²) in [6.07, 6.45) is 5.30. The number of rotatable bonds is 2. The average molecular weight is 167 g/mol. The van der Waals surface area contributed by atoms with Crippen molar-refractivity contribution >= 4 is 5.97 Å². The van der Waals surface area contributed by atoms with Crippen LogP contribution in [0.3, 0.4) is 0 Å². The molecule has 0 amide bonds. The molecule has 0 saturated carbocycles. The molecule has 12 heavy (non-hydrogen) atoms. The minimum atomic E-state index is -0.102. The van der Waals surface area contributed by atoms with Gasteiger partial charge in [0.05, 0.1) is 6.61 Å². The molecule has 0 unspecified atom stereocenters. The highest BCUT2D eigenvalue weighted by Gasteiger charge is 2.39. The van der Waals surface area contributed by atoms with Gasteiger partial charge in [-0.05, 0) is 13.3 Å². The lowest BCUT2D eigenvalue weighted by atomic mass is 10.0. The molecule has 1 aliphatic carbocycles. The van der Waals surface area contributed by atoms with Crippen LogP contribution in [0.25, 0.3) is 0 Å². The maximum atomic E-state index is 11.3. The first-order chi connectivity index (χ1) is 5.81. The Morgan fingerprint density at radius 2 is 2.50 bits per heavy atom. The summed E-state index contributed by atoms with van der Waals surface area (Å²) < 4.78 is 4.94. The Kier molecular flexibility index (Phi) is 1.89. The van der Waals surface area contributed by atoms with Gasteiger partial charge in [-0.3, -0.25) is 10.1 Å². The first kappa shape index (κ1) is 7.80. The number of hydrogen-bond donors (Lipinski definition) is 1. The summed E-state index contributed by atoms with van der Waals surface area (Å²) in [6, 6.07) is 0.323. The molecule has 2 bridgehead atoms. The standard InChI is InChI=1S/C9H13NO2/c1-2-12-9(11)8-6-3-4-7(5-6)10-8/h3-4,6-8,10H,2,5H2,1H3/t6-,7+,8+/m1/s1. The van der Waals surface area contributed by atoms with Crippen LogP contribution < -0.4 is 5.32 Å². The molecule has 1 heterocycles. The SMILES string of the molecule is CCOC(=O)[C@H]1N[C@H]2C=C[C@@H]1C2. The van der Waals surface area contributed by atoms with Gasteiger partial charge in [-0.15, -0.1) is 0 Å². The Balaban J connectivity index is 1.98. The molecule has 0 aromatic rings. The molecule has 2 aliphatic rings. The van der Waals surface area contributed by atoms with Gasteiger partial charge in [0.25, 0.3) is 0 Å². The van der Waals surface area contributed by atoms with Crippen molar-refractivity contribution in [2.75, 3.05) is 6.61 Å². The summed E-state index contributed by atoms with van der Waals surface area (Å²) in [4.78, 5) is 11.3. The smallest absolute Gasteiger partial charge is 0.323 e. The van der Waals surface area contributed by atoms with Crippen molar-refractivity contribution < 1.29 is 9.53 Å². The van der Waals surface area contributed by atoms with Crippen LogP contribution in [0.2, 0.25) is 0 Å². The van der Waals surface area contributed by atoms with Crippen LogP contribution in [0.5, 0.6) is 0 Å². The number of ether oxygens (including phenoxy) is 1. The van der Waals surface area contributed by atoms with Crippen molar-refractivity contribution in [2.45, 2.75) is 25.4 Å². The summed E-state index contributed by atoms with van der Waals surface area (Å²) in [5.41, 5.74) is 0. The van der Waals surface area contributed by atoms with Crippen molar-refractivity contribution in [1.82, 2.24) is 5.32 Å². The topological polar surface area (TPSA) is 38.3 Å². The highest BCUT2D eigenvalue weighted by atomic mass is 16.5. The molecule has 66 valence electrons. The van der Waals surface area contributed by atoms with Crippen LogP contribution in [-0.4, -0.2) is 24.7 Å². The van der Waals surface area contributed by atoms with Crippen LogP contribution in [0.1, 0.15) is 13.3 Å². The van der Waals surface area contributed by atoms with Crippen molar-refractivity contribution in [3.8, 4) is 0 Å². The van der Waals surface area contributed by atoms with E-state index in [2.05, 4.69) is 17.5 Å². The first-order valence-electron chi connectivity index (χ1n) is 4.42. The number of hydrogen-bond acceptors (Lipinski definition) is 3. The maximum Gasteiger partial charge on any atom is 0.323 e. The van der Waals surface area contributed by atoms with Gasteiger partial charge in [0, 0.05) is 12.0 Å². The largest absolute Gasteiger partial charge is 0.465 e. The molecule has 0 radical (unpaired) electrons. The Morgan fingerprint density at radius 3 is 3.00 bits per heavy atom. The molecule has 3 heteroatoms. The highest BCUT2D eigenvalue weighted by Crippen LogP contribution is 2.29. The van der Waals surface area contributed by atoms with Crippen LogP contribution in [0.15, 0.2) is 12.2 Å². The summed E-state index contributed by atoms with van der Waals surface area (Å²) in [5, 5.41) is 3.21. The average Bonchev–Trinajstić information content (AvgIpc) is 2.64.